The van der Waals surface area contributed by atoms with Crippen LogP contribution in [0.5, 0.6) is 0 Å². The number of allylic oxidation sites excluding steroid dienone is 1. The van der Waals surface area contributed by atoms with Crippen LogP contribution in [0.2, 0.25) is 0 Å². The first-order valence-electron chi connectivity index (χ1n) is 9.41. The number of aliphatic hydroxyl groups is 2. The van der Waals surface area contributed by atoms with Gasteiger partial charge in [-0.1, -0.05) is 20.4 Å². The minimum Gasteiger partial charge on any atom is -0.464 e. The number of ketones is 1. The molecule has 5 nitrogen and oxygen atoms in total. The van der Waals surface area contributed by atoms with Crippen molar-refractivity contribution in [1.82, 2.24) is 0 Å². The highest BCUT2D eigenvalue weighted by Gasteiger charge is 2.73. The van der Waals surface area contributed by atoms with Gasteiger partial charge in [0, 0.05) is 12.0 Å². The lowest BCUT2D eigenvalue weighted by Gasteiger charge is -2.62. The summed E-state index contributed by atoms with van der Waals surface area (Å²) >= 11 is 0. The van der Waals surface area contributed by atoms with Gasteiger partial charge in [-0.3, -0.25) is 9.59 Å². The molecule has 3 saturated carbocycles. The lowest BCUT2D eigenvalue weighted by atomic mass is 9.44. The highest BCUT2D eigenvalue weighted by Crippen LogP contribution is 2.67. The zero-order valence-electron chi connectivity index (χ0n) is 15.1. The van der Waals surface area contributed by atoms with E-state index in [0.717, 1.165) is 12.8 Å². The van der Waals surface area contributed by atoms with Crippen molar-refractivity contribution in [2.45, 2.75) is 52.1 Å². The van der Waals surface area contributed by atoms with Crippen molar-refractivity contribution >= 4 is 11.8 Å². The van der Waals surface area contributed by atoms with Gasteiger partial charge in [0.1, 0.15) is 12.0 Å². The molecule has 2 N–H and O–H groups in total. The summed E-state index contributed by atoms with van der Waals surface area (Å²) in [5.41, 5.74) is -1.59. The zero-order chi connectivity index (χ0) is 18.2. The molecule has 0 amide bonds. The van der Waals surface area contributed by atoms with Crippen molar-refractivity contribution < 1.29 is 24.5 Å². The van der Waals surface area contributed by atoms with Crippen LogP contribution in [0.4, 0.5) is 0 Å². The second kappa shape index (κ2) is 5.17. The summed E-state index contributed by atoms with van der Waals surface area (Å²) in [7, 11) is 0. The highest BCUT2D eigenvalue weighted by molar-refractivity contribution is 6.15. The van der Waals surface area contributed by atoms with Crippen LogP contribution in [0.25, 0.3) is 0 Å². The van der Waals surface area contributed by atoms with E-state index < -0.39 is 22.9 Å². The van der Waals surface area contributed by atoms with Crippen molar-refractivity contribution in [3.63, 3.8) is 0 Å². The summed E-state index contributed by atoms with van der Waals surface area (Å²) in [6, 6.07) is 0. The van der Waals surface area contributed by atoms with Crippen LogP contribution >= 0.6 is 0 Å². The third-order valence-electron chi connectivity index (χ3n) is 8.08. The van der Waals surface area contributed by atoms with Crippen molar-refractivity contribution in [3.8, 4) is 0 Å². The van der Waals surface area contributed by atoms with Crippen molar-refractivity contribution in [1.29, 1.82) is 0 Å². The molecule has 4 fully saturated rings. The predicted molar refractivity (Wildman–Crippen MR) is 90.4 cm³/mol. The molecule has 1 heterocycles. The zero-order valence-corrected chi connectivity index (χ0v) is 15.1. The Balaban J connectivity index is 1.90. The van der Waals surface area contributed by atoms with E-state index in [2.05, 4.69) is 20.4 Å². The first kappa shape index (κ1) is 17.2. The number of ether oxygens (including phenoxy) is 1. The van der Waals surface area contributed by atoms with Crippen LogP contribution in [0, 0.1) is 34.0 Å². The number of carbonyl (C=O) groups excluding carboxylic acids is 2. The topological polar surface area (TPSA) is 83.8 Å². The fourth-order valence-electron chi connectivity index (χ4n) is 6.73. The predicted octanol–water partition coefficient (Wildman–Crippen LogP) is 1.86. The Kier molecular flexibility index (Phi) is 3.56. The van der Waals surface area contributed by atoms with Gasteiger partial charge in [0.25, 0.3) is 0 Å². The van der Waals surface area contributed by atoms with E-state index in [9.17, 15) is 19.8 Å². The summed E-state index contributed by atoms with van der Waals surface area (Å²) in [4.78, 5) is 25.9. The monoisotopic (exact) mass is 348 g/mol. The molecule has 2 spiro atoms. The average Bonchev–Trinajstić information content (AvgIpc) is 2.77. The van der Waals surface area contributed by atoms with Gasteiger partial charge in [-0.15, -0.1) is 0 Å². The van der Waals surface area contributed by atoms with Crippen molar-refractivity contribution in [3.05, 3.63) is 12.2 Å². The maximum Gasteiger partial charge on any atom is 0.320 e. The minimum atomic E-state index is -1.19. The van der Waals surface area contributed by atoms with E-state index in [0.29, 0.717) is 24.8 Å². The van der Waals surface area contributed by atoms with Crippen LogP contribution in [0.3, 0.4) is 0 Å². The maximum absolute atomic E-state index is 13.1. The van der Waals surface area contributed by atoms with Gasteiger partial charge < -0.3 is 14.9 Å². The lowest BCUT2D eigenvalue weighted by molar-refractivity contribution is -0.242. The van der Waals surface area contributed by atoms with Gasteiger partial charge in [-0.25, -0.2) is 0 Å². The fraction of sp³-hybridized carbons (Fsp3) is 0.800. The third-order valence-corrected chi connectivity index (χ3v) is 8.08. The number of rotatable bonds is 1. The fourth-order valence-corrected chi connectivity index (χ4v) is 6.73. The van der Waals surface area contributed by atoms with Gasteiger partial charge in [-0.2, -0.15) is 0 Å². The molecule has 4 aliphatic rings. The molecule has 0 aromatic rings. The van der Waals surface area contributed by atoms with Crippen LogP contribution in [0.1, 0.15) is 46.0 Å². The number of hydrogen-bond donors (Lipinski definition) is 2. The molecule has 0 unspecified atom stereocenters. The van der Waals surface area contributed by atoms with Crippen molar-refractivity contribution in [2.24, 2.45) is 34.0 Å². The summed E-state index contributed by atoms with van der Waals surface area (Å²) in [5.74, 6) is -1.07. The highest BCUT2D eigenvalue weighted by atomic mass is 16.5. The van der Waals surface area contributed by atoms with Gasteiger partial charge >= 0.3 is 5.97 Å². The van der Waals surface area contributed by atoms with Gasteiger partial charge in [0.05, 0.1) is 6.10 Å². The molecule has 6 atom stereocenters. The number of Topliss-reactive ketones (excluding diaryl/α,β-unsaturated/α-hetero) is 1. The Bertz CT molecular complexity index is 652. The van der Waals surface area contributed by atoms with Gasteiger partial charge in [0.15, 0.2) is 5.78 Å². The third kappa shape index (κ3) is 1.86. The van der Waals surface area contributed by atoms with Crippen LogP contribution in [0.15, 0.2) is 12.2 Å². The van der Waals surface area contributed by atoms with Crippen LogP contribution in [-0.2, 0) is 14.3 Å². The Labute approximate surface area is 148 Å². The molecule has 4 rings (SSSR count). The molecular weight excluding hydrogens is 320 g/mol. The van der Waals surface area contributed by atoms with E-state index >= 15 is 0 Å². The van der Waals surface area contributed by atoms with E-state index in [1.165, 1.54) is 0 Å². The van der Waals surface area contributed by atoms with E-state index in [1.807, 2.05) is 0 Å². The number of carbonyl (C=O) groups is 2. The van der Waals surface area contributed by atoms with E-state index in [1.54, 1.807) is 0 Å². The Morgan fingerprint density at radius 2 is 1.96 bits per heavy atom. The number of cyclic esters (lactones) is 1. The maximum atomic E-state index is 13.1. The molecule has 0 aromatic carbocycles. The molecule has 3 aliphatic carbocycles. The summed E-state index contributed by atoms with van der Waals surface area (Å²) in [6.07, 6.45) is 2.71. The first-order valence-corrected chi connectivity index (χ1v) is 9.41. The van der Waals surface area contributed by atoms with Crippen LogP contribution in [-0.4, -0.2) is 41.3 Å². The summed E-state index contributed by atoms with van der Waals surface area (Å²) in [5, 5.41) is 21.3. The molecule has 1 saturated heterocycles. The normalized spacial score (nSPS) is 48.4. The van der Waals surface area contributed by atoms with Crippen molar-refractivity contribution in [2.75, 3.05) is 13.2 Å². The smallest absolute Gasteiger partial charge is 0.320 e. The second-order valence-corrected chi connectivity index (χ2v) is 9.32. The Hall–Kier alpha value is -1.20. The summed E-state index contributed by atoms with van der Waals surface area (Å²) in [6.45, 7) is 8.17. The number of esters is 1. The standard InChI is InChI=1S/C20H28O5/c1-11-12-4-5-13-19(8-12,16(11)23)17(24)25-10-20(13)14(9-21)18(2,3)7-6-15(20)22/h12-15,21-22H,1,4-10H2,2-3H3/t12-,13-,14-,15+,19+,20+/m1/s1. The Morgan fingerprint density at radius 1 is 1.24 bits per heavy atom. The molecular formula is C20H28O5. The molecule has 1 aliphatic heterocycles. The van der Waals surface area contributed by atoms with E-state index in [-0.39, 0.29) is 42.2 Å². The molecule has 0 aromatic heterocycles. The summed E-state index contributed by atoms with van der Waals surface area (Å²) < 4.78 is 5.60. The minimum absolute atomic E-state index is 0.0489. The average molecular weight is 348 g/mol. The lowest BCUT2D eigenvalue weighted by Crippen LogP contribution is -2.68. The van der Waals surface area contributed by atoms with Gasteiger partial charge in [-0.05, 0) is 60.8 Å². The Morgan fingerprint density at radius 3 is 2.64 bits per heavy atom. The number of aliphatic hydroxyl groups excluding tert-OH is 2. The molecule has 138 valence electrons. The SMILES string of the molecule is C=C1C(=O)[C@]23C[C@H]1CC[C@H]2[C@@]1(COC3=O)[C@H](CO)C(C)(C)CC[C@@H]1O. The number of fused-ring (bicyclic) bond motifs is 2. The first-order chi connectivity index (χ1) is 11.7. The van der Waals surface area contributed by atoms with Gasteiger partial charge in [0.2, 0.25) is 0 Å². The number of hydrogen-bond acceptors (Lipinski definition) is 5. The van der Waals surface area contributed by atoms with Crippen LogP contribution < -0.4 is 0 Å². The molecule has 25 heavy (non-hydrogen) atoms. The van der Waals surface area contributed by atoms with E-state index in [4.69, 9.17) is 4.74 Å². The molecule has 2 bridgehead atoms. The molecule has 0 radical (unpaired) electrons. The quantitative estimate of drug-likeness (QED) is 0.429. The largest absolute Gasteiger partial charge is 0.464 e. The second-order valence-electron chi connectivity index (χ2n) is 9.32. The molecule has 5 heteroatoms.